The van der Waals surface area contributed by atoms with E-state index in [0.29, 0.717) is 5.22 Å². The van der Waals surface area contributed by atoms with Crippen LogP contribution in [0.15, 0.2) is 33.0 Å². The van der Waals surface area contributed by atoms with Crippen LogP contribution in [0.3, 0.4) is 0 Å². The Morgan fingerprint density at radius 1 is 1.41 bits per heavy atom. The van der Waals surface area contributed by atoms with Crippen molar-refractivity contribution in [3.8, 4) is 0 Å². The summed E-state index contributed by atoms with van der Waals surface area (Å²) in [6.07, 6.45) is 1.78. The molecule has 5 heteroatoms. The molecular formula is C12H15N3OS. The lowest BCUT2D eigenvalue weighted by atomic mass is 10.3. The van der Waals surface area contributed by atoms with E-state index in [4.69, 9.17) is 4.42 Å². The number of pyridine rings is 1. The number of rotatable bonds is 4. The number of hydrogen-bond donors (Lipinski definition) is 1. The molecule has 2 rings (SSSR count). The summed E-state index contributed by atoms with van der Waals surface area (Å²) in [5, 5.41) is 4.70. The molecule has 0 aliphatic carbocycles. The second kappa shape index (κ2) is 5.33. The van der Waals surface area contributed by atoms with Gasteiger partial charge in [-0.2, -0.15) is 0 Å². The quantitative estimate of drug-likeness (QED) is 0.902. The van der Waals surface area contributed by atoms with E-state index in [-0.39, 0.29) is 0 Å². The number of oxazole rings is 1. The molecule has 2 heterocycles. The van der Waals surface area contributed by atoms with Crippen molar-refractivity contribution in [2.45, 2.75) is 30.6 Å². The Morgan fingerprint density at radius 2 is 2.24 bits per heavy atom. The largest absolute Gasteiger partial charge is 0.436 e. The van der Waals surface area contributed by atoms with E-state index in [1.165, 1.54) is 11.8 Å². The van der Waals surface area contributed by atoms with Crippen LogP contribution in [0.4, 0.5) is 0 Å². The van der Waals surface area contributed by atoms with Crippen molar-refractivity contribution in [3.05, 3.63) is 35.3 Å². The number of aromatic nitrogens is 2. The lowest BCUT2D eigenvalue weighted by Crippen LogP contribution is -2.06. The summed E-state index contributed by atoms with van der Waals surface area (Å²) in [4.78, 5) is 8.70. The van der Waals surface area contributed by atoms with E-state index in [9.17, 15) is 0 Å². The summed E-state index contributed by atoms with van der Waals surface area (Å²) in [7, 11) is 1.92. The molecule has 0 aliphatic heterocycles. The Labute approximate surface area is 105 Å². The van der Waals surface area contributed by atoms with Gasteiger partial charge in [-0.05, 0) is 44.3 Å². The molecule has 0 unspecified atom stereocenters. The minimum Gasteiger partial charge on any atom is -0.436 e. The van der Waals surface area contributed by atoms with Gasteiger partial charge >= 0.3 is 0 Å². The molecule has 0 bridgehead atoms. The van der Waals surface area contributed by atoms with Crippen LogP contribution >= 0.6 is 11.8 Å². The highest BCUT2D eigenvalue weighted by molar-refractivity contribution is 7.99. The van der Waals surface area contributed by atoms with E-state index >= 15 is 0 Å². The minimum absolute atomic E-state index is 0.649. The molecule has 0 saturated carbocycles. The fourth-order valence-electron chi connectivity index (χ4n) is 1.41. The molecule has 2 aromatic rings. The standard InChI is InChI=1S/C12H15N3OS/c1-8-9(2)16-12(15-8)17-11-10(7-13-3)5-4-6-14-11/h4-6,13H,7H2,1-3H3. The van der Waals surface area contributed by atoms with Crippen molar-refractivity contribution in [1.29, 1.82) is 0 Å². The molecule has 0 saturated heterocycles. The first kappa shape index (κ1) is 12.1. The smallest absolute Gasteiger partial charge is 0.262 e. The molecule has 0 aromatic carbocycles. The van der Waals surface area contributed by atoms with Crippen LogP contribution < -0.4 is 5.32 Å². The maximum atomic E-state index is 5.54. The van der Waals surface area contributed by atoms with E-state index in [2.05, 4.69) is 21.4 Å². The second-order valence-corrected chi connectivity index (χ2v) is 4.66. The number of nitrogens with one attached hydrogen (secondary N) is 1. The molecule has 90 valence electrons. The fourth-order valence-corrected chi connectivity index (χ4v) is 2.31. The zero-order chi connectivity index (χ0) is 12.3. The first-order chi connectivity index (χ1) is 8.20. The Hall–Kier alpha value is -1.33. The number of hydrogen-bond acceptors (Lipinski definition) is 5. The molecule has 0 amide bonds. The van der Waals surface area contributed by atoms with Crippen LogP contribution in [0.2, 0.25) is 0 Å². The highest BCUT2D eigenvalue weighted by atomic mass is 32.2. The van der Waals surface area contributed by atoms with Crippen molar-refractivity contribution >= 4 is 11.8 Å². The highest BCUT2D eigenvalue weighted by Crippen LogP contribution is 2.29. The topological polar surface area (TPSA) is 51.0 Å². The van der Waals surface area contributed by atoms with Gasteiger partial charge in [0.15, 0.2) is 0 Å². The molecule has 2 aromatic heterocycles. The first-order valence-electron chi connectivity index (χ1n) is 5.41. The molecule has 0 fully saturated rings. The lowest BCUT2D eigenvalue weighted by Gasteiger charge is -2.04. The first-order valence-corrected chi connectivity index (χ1v) is 6.22. The number of nitrogens with zero attached hydrogens (tertiary/aromatic N) is 2. The highest BCUT2D eigenvalue weighted by Gasteiger charge is 2.11. The predicted octanol–water partition coefficient (Wildman–Crippen LogP) is 2.56. The zero-order valence-electron chi connectivity index (χ0n) is 10.2. The van der Waals surface area contributed by atoms with E-state index in [1.807, 2.05) is 27.0 Å². The summed E-state index contributed by atoms with van der Waals surface area (Å²) >= 11 is 1.46. The van der Waals surface area contributed by atoms with Gasteiger partial charge in [0.25, 0.3) is 5.22 Å². The summed E-state index contributed by atoms with van der Waals surface area (Å²) in [6.45, 7) is 4.64. The molecule has 0 atom stereocenters. The Kier molecular flexibility index (Phi) is 3.81. The van der Waals surface area contributed by atoms with Gasteiger partial charge in [-0.15, -0.1) is 0 Å². The summed E-state index contributed by atoms with van der Waals surface area (Å²) in [6, 6.07) is 3.98. The van der Waals surface area contributed by atoms with Gasteiger partial charge in [0.05, 0.1) is 5.69 Å². The van der Waals surface area contributed by atoms with Crippen molar-refractivity contribution < 1.29 is 4.42 Å². The van der Waals surface area contributed by atoms with E-state index < -0.39 is 0 Å². The van der Waals surface area contributed by atoms with Gasteiger partial charge in [0.1, 0.15) is 10.8 Å². The normalized spacial score (nSPS) is 10.8. The molecule has 17 heavy (non-hydrogen) atoms. The van der Waals surface area contributed by atoms with Crippen molar-refractivity contribution in [2.24, 2.45) is 0 Å². The van der Waals surface area contributed by atoms with Gasteiger partial charge in [-0.3, -0.25) is 0 Å². The van der Waals surface area contributed by atoms with Gasteiger partial charge in [-0.1, -0.05) is 6.07 Å². The van der Waals surface area contributed by atoms with Crippen molar-refractivity contribution in [2.75, 3.05) is 7.05 Å². The van der Waals surface area contributed by atoms with Crippen LogP contribution in [0.1, 0.15) is 17.0 Å². The third kappa shape index (κ3) is 2.87. The minimum atomic E-state index is 0.649. The monoisotopic (exact) mass is 249 g/mol. The molecule has 4 nitrogen and oxygen atoms in total. The Bertz CT molecular complexity index is 491. The maximum absolute atomic E-state index is 5.54. The maximum Gasteiger partial charge on any atom is 0.262 e. The van der Waals surface area contributed by atoms with Gasteiger partial charge in [0.2, 0.25) is 0 Å². The van der Waals surface area contributed by atoms with Crippen molar-refractivity contribution in [1.82, 2.24) is 15.3 Å². The molecule has 0 spiro atoms. The molecule has 0 radical (unpaired) electrons. The number of aryl methyl sites for hydroxylation is 2. The average Bonchev–Trinajstić information content (AvgIpc) is 2.61. The van der Waals surface area contributed by atoms with Crippen LogP contribution in [-0.4, -0.2) is 17.0 Å². The molecular weight excluding hydrogens is 234 g/mol. The van der Waals surface area contributed by atoms with E-state index in [0.717, 1.165) is 28.6 Å². The summed E-state index contributed by atoms with van der Waals surface area (Å²) in [5.41, 5.74) is 2.08. The molecule has 1 N–H and O–H groups in total. The van der Waals surface area contributed by atoms with Gasteiger partial charge < -0.3 is 9.73 Å². The average molecular weight is 249 g/mol. The van der Waals surface area contributed by atoms with Gasteiger partial charge in [0, 0.05) is 12.7 Å². The van der Waals surface area contributed by atoms with Crippen LogP contribution in [0.5, 0.6) is 0 Å². The third-order valence-corrected chi connectivity index (χ3v) is 3.32. The predicted molar refractivity (Wildman–Crippen MR) is 67.1 cm³/mol. The van der Waals surface area contributed by atoms with Crippen LogP contribution in [0, 0.1) is 13.8 Å². The van der Waals surface area contributed by atoms with Crippen LogP contribution in [-0.2, 0) is 6.54 Å². The Balaban J connectivity index is 2.23. The molecule has 0 aliphatic rings. The Morgan fingerprint density at radius 3 is 2.88 bits per heavy atom. The third-order valence-electron chi connectivity index (χ3n) is 2.41. The summed E-state index contributed by atoms with van der Waals surface area (Å²) in [5.74, 6) is 0.860. The zero-order valence-corrected chi connectivity index (χ0v) is 11.0. The SMILES string of the molecule is CNCc1cccnc1Sc1nc(C)c(C)o1. The van der Waals surface area contributed by atoms with E-state index in [1.54, 1.807) is 6.20 Å². The van der Waals surface area contributed by atoms with Gasteiger partial charge in [-0.25, -0.2) is 9.97 Å². The second-order valence-electron chi connectivity index (χ2n) is 3.72. The van der Waals surface area contributed by atoms with Crippen LogP contribution in [0.25, 0.3) is 0 Å². The lowest BCUT2D eigenvalue weighted by molar-refractivity contribution is 0.431. The fraction of sp³-hybridized carbons (Fsp3) is 0.333. The summed E-state index contributed by atoms with van der Waals surface area (Å²) < 4.78 is 5.54. The van der Waals surface area contributed by atoms with Crippen molar-refractivity contribution in [3.63, 3.8) is 0 Å².